The highest BCUT2D eigenvalue weighted by molar-refractivity contribution is 7.90. The standard InChI is InChI=1S/C23H29N6O5S/c1-23(7-8-23)25-35(33,34)17-5-6-19-18(12-17)21(31)29(15-16-13-24-26(2)14-16)22(32)28(19)11-10-27-9-3-4-20(27)30/h5-6,12-14,17,25H,3-4,7-11,15H2,1-2H3/q+1. The predicted octanol–water partition coefficient (Wildman–Crippen LogP) is 0.295. The van der Waals surface area contributed by atoms with Gasteiger partial charge in [0, 0.05) is 37.3 Å². The van der Waals surface area contributed by atoms with Gasteiger partial charge in [0.2, 0.25) is 15.9 Å². The van der Waals surface area contributed by atoms with Crippen molar-refractivity contribution in [2.45, 2.75) is 49.9 Å². The van der Waals surface area contributed by atoms with Gasteiger partial charge < -0.3 is 4.90 Å². The second kappa shape index (κ2) is 8.52. The number of amides is 4. The Balaban J connectivity index is 1.48. The third-order valence-electron chi connectivity index (χ3n) is 6.89. The van der Waals surface area contributed by atoms with Crippen LogP contribution in [0.5, 0.6) is 0 Å². The smallest absolute Gasteiger partial charge is 0.339 e. The van der Waals surface area contributed by atoms with E-state index in [-0.39, 0.29) is 24.6 Å². The number of sulfonamides is 1. The van der Waals surface area contributed by atoms with E-state index in [0.29, 0.717) is 30.8 Å². The minimum Gasteiger partial charge on any atom is -0.339 e. The van der Waals surface area contributed by atoms with Crippen LogP contribution in [0.25, 0.3) is 0 Å². The Labute approximate surface area is 203 Å². The number of aromatic nitrogens is 2. The molecule has 1 N–H and O–H groups in total. The first-order valence-corrected chi connectivity index (χ1v) is 13.3. The lowest BCUT2D eigenvalue weighted by atomic mass is 9.99. The summed E-state index contributed by atoms with van der Waals surface area (Å²) in [4.78, 5) is 41.8. The summed E-state index contributed by atoms with van der Waals surface area (Å²) >= 11 is 0. The van der Waals surface area contributed by atoms with Crippen LogP contribution in [0, 0.1) is 0 Å². The lowest BCUT2D eigenvalue weighted by Crippen LogP contribution is -2.53. The number of carbonyl (C=O) groups excluding carboxylic acids is 3. The zero-order chi connectivity index (χ0) is 25.0. The maximum absolute atomic E-state index is 13.5. The predicted molar refractivity (Wildman–Crippen MR) is 126 cm³/mol. The molecule has 3 heterocycles. The topological polar surface area (TPSA) is 125 Å². The van der Waals surface area contributed by atoms with E-state index in [4.69, 9.17) is 0 Å². The highest BCUT2D eigenvalue weighted by atomic mass is 32.2. The van der Waals surface area contributed by atoms with E-state index in [2.05, 4.69) is 9.82 Å². The lowest BCUT2D eigenvalue weighted by Gasteiger charge is -2.27. The van der Waals surface area contributed by atoms with Gasteiger partial charge in [0.15, 0.2) is 0 Å². The van der Waals surface area contributed by atoms with Gasteiger partial charge in [-0.25, -0.2) is 17.9 Å². The number of hydrogen-bond donors (Lipinski definition) is 1. The molecule has 1 saturated carbocycles. The number of rotatable bonds is 8. The number of urea groups is 1. The minimum absolute atomic E-state index is 0.00667. The first-order valence-electron chi connectivity index (χ1n) is 11.8. The van der Waals surface area contributed by atoms with Gasteiger partial charge in [0.25, 0.3) is 0 Å². The van der Waals surface area contributed by atoms with Crippen LogP contribution < -0.4 is 4.72 Å². The molecule has 2 aliphatic heterocycles. The fraction of sp³-hybridized carbons (Fsp3) is 0.522. The van der Waals surface area contributed by atoms with Gasteiger partial charge in [0.05, 0.1) is 12.7 Å². The van der Waals surface area contributed by atoms with E-state index in [1.807, 2.05) is 6.92 Å². The molecule has 186 valence electrons. The SMILES string of the molecule is Cn1cc(CN2C(=O)C3=CC(S(=O)(=O)NC4(C)CC4)C=CC3=[N+](CCN3CCCC3=O)C2=O)cn1. The quantitative estimate of drug-likeness (QED) is 0.511. The molecule has 1 saturated heterocycles. The Hall–Kier alpha value is -3.12. The molecule has 0 radical (unpaired) electrons. The second-order valence-electron chi connectivity index (χ2n) is 9.83. The third kappa shape index (κ3) is 4.59. The number of likely N-dealkylation sites (tertiary alicyclic amines) is 1. The van der Waals surface area contributed by atoms with E-state index >= 15 is 0 Å². The normalized spacial score (nSPS) is 23.8. The third-order valence-corrected chi connectivity index (χ3v) is 8.68. The Kier molecular flexibility index (Phi) is 5.75. The van der Waals surface area contributed by atoms with E-state index in [1.165, 1.54) is 22.8 Å². The summed E-state index contributed by atoms with van der Waals surface area (Å²) in [7, 11) is -2.01. The lowest BCUT2D eigenvalue weighted by molar-refractivity contribution is -0.436. The highest BCUT2D eigenvalue weighted by Crippen LogP contribution is 2.36. The van der Waals surface area contributed by atoms with E-state index in [9.17, 15) is 22.8 Å². The fourth-order valence-corrected chi connectivity index (χ4v) is 6.25. The molecule has 1 aromatic rings. The van der Waals surface area contributed by atoms with Crippen molar-refractivity contribution < 1.29 is 27.4 Å². The maximum atomic E-state index is 13.5. The summed E-state index contributed by atoms with van der Waals surface area (Å²) in [5.41, 5.74) is 0.757. The van der Waals surface area contributed by atoms with Crippen LogP contribution in [-0.2, 0) is 33.2 Å². The van der Waals surface area contributed by atoms with Crippen LogP contribution in [0.2, 0.25) is 0 Å². The molecule has 4 amide bonds. The minimum atomic E-state index is -3.76. The van der Waals surface area contributed by atoms with Crippen molar-refractivity contribution in [3.05, 3.63) is 41.8 Å². The van der Waals surface area contributed by atoms with Gasteiger partial charge in [-0.1, -0.05) is 6.08 Å². The van der Waals surface area contributed by atoms with Crippen LogP contribution >= 0.6 is 0 Å². The molecule has 4 aliphatic rings. The van der Waals surface area contributed by atoms with Crippen molar-refractivity contribution >= 4 is 33.6 Å². The van der Waals surface area contributed by atoms with Crippen LogP contribution in [0.4, 0.5) is 4.79 Å². The van der Waals surface area contributed by atoms with Gasteiger partial charge >= 0.3 is 11.9 Å². The molecular weight excluding hydrogens is 472 g/mol. The first-order chi connectivity index (χ1) is 16.6. The average Bonchev–Trinajstić information content (AvgIpc) is 3.15. The van der Waals surface area contributed by atoms with Crippen molar-refractivity contribution in [1.82, 2.24) is 24.3 Å². The van der Waals surface area contributed by atoms with Crippen molar-refractivity contribution in [2.24, 2.45) is 7.05 Å². The molecular formula is C23H29N6O5S+. The van der Waals surface area contributed by atoms with Crippen LogP contribution in [0.3, 0.4) is 0 Å². The van der Waals surface area contributed by atoms with Crippen molar-refractivity contribution in [2.75, 3.05) is 19.6 Å². The summed E-state index contributed by atoms with van der Waals surface area (Å²) in [6, 6.07) is -0.507. The van der Waals surface area contributed by atoms with Crippen LogP contribution in [0.15, 0.2) is 36.2 Å². The zero-order valence-electron chi connectivity index (χ0n) is 19.8. The summed E-state index contributed by atoms with van der Waals surface area (Å²) in [5, 5.41) is 3.08. The zero-order valence-corrected chi connectivity index (χ0v) is 20.6. The highest BCUT2D eigenvalue weighted by Gasteiger charge is 2.47. The molecule has 35 heavy (non-hydrogen) atoms. The van der Waals surface area contributed by atoms with E-state index in [0.717, 1.165) is 24.2 Å². The summed E-state index contributed by atoms with van der Waals surface area (Å²) in [6.07, 6.45) is 10.6. The number of imide groups is 1. The average molecular weight is 502 g/mol. The molecule has 0 aromatic carbocycles. The van der Waals surface area contributed by atoms with Gasteiger partial charge in [-0.2, -0.15) is 19.4 Å². The molecule has 5 rings (SSSR count). The number of carbonyl (C=O) groups is 3. The summed E-state index contributed by atoms with van der Waals surface area (Å²) < 4.78 is 31.8. The number of hydrogen-bond acceptors (Lipinski definition) is 6. The number of fused-ring (bicyclic) bond motifs is 1. The number of nitrogens with one attached hydrogen (secondary N) is 1. The van der Waals surface area contributed by atoms with Crippen LogP contribution in [0.1, 0.15) is 38.2 Å². The molecule has 12 heteroatoms. The summed E-state index contributed by atoms with van der Waals surface area (Å²) in [5.74, 6) is -0.506. The molecule has 1 aromatic heterocycles. The van der Waals surface area contributed by atoms with Crippen molar-refractivity contribution in [3.8, 4) is 0 Å². The Morgan fingerprint density at radius 3 is 2.66 bits per heavy atom. The maximum Gasteiger partial charge on any atom is 0.501 e. The largest absolute Gasteiger partial charge is 0.501 e. The van der Waals surface area contributed by atoms with Crippen LogP contribution in [-0.4, -0.2) is 86.6 Å². The monoisotopic (exact) mass is 501 g/mol. The van der Waals surface area contributed by atoms with Gasteiger partial charge in [0.1, 0.15) is 29.6 Å². The molecule has 1 unspecified atom stereocenters. The molecule has 2 aliphatic carbocycles. The van der Waals surface area contributed by atoms with Gasteiger partial charge in [-0.3, -0.25) is 9.48 Å². The molecule has 0 spiro atoms. The number of aryl methyl sites for hydroxylation is 1. The van der Waals surface area contributed by atoms with Crippen molar-refractivity contribution in [1.29, 1.82) is 0 Å². The number of nitrogens with zero attached hydrogens (tertiary/aromatic N) is 5. The Bertz CT molecular complexity index is 1300. The number of allylic oxidation sites excluding steroid dienone is 1. The molecule has 2 fully saturated rings. The Morgan fingerprint density at radius 2 is 2.03 bits per heavy atom. The van der Waals surface area contributed by atoms with E-state index < -0.39 is 32.8 Å². The Morgan fingerprint density at radius 1 is 1.26 bits per heavy atom. The molecule has 1 atom stereocenters. The second-order valence-corrected chi connectivity index (χ2v) is 11.7. The summed E-state index contributed by atoms with van der Waals surface area (Å²) in [6.45, 7) is 3.03. The van der Waals surface area contributed by atoms with Crippen molar-refractivity contribution in [3.63, 3.8) is 0 Å². The molecule has 11 nitrogen and oxygen atoms in total. The molecule has 0 bridgehead atoms. The van der Waals surface area contributed by atoms with Gasteiger partial charge in [-0.15, -0.1) is 0 Å². The van der Waals surface area contributed by atoms with E-state index in [1.54, 1.807) is 29.0 Å². The fourth-order valence-electron chi connectivity index (χ4n) is 4.63. The first kappa shape index (κ1) is 23.6. The van der Waals surface area contributed by atoms with Gasteiger partial charge in [-0.05, 0) is 38.3 Å².